The first-order valence-electron chi connectivity index (χ1n) is 9.39. The van der Waals surface area contributed by atoms with E-state index in [2.05, 4.69) is 4.98 Å². The lowest BCUT2D eigenvalue weighted by Gasteiger charge is -2.03. The number of rotatable bonds is 8. The second kappa shape index (κ2) is 9.05. The Morgan fingerprint density at radius 2 is 1.72 bits per heavy atom. The summed E-state index contributed by atoms with van der Waals surface area (Å²) in [6.45, 7) is 2.14. The third-order valence-corrected chi connectivity index (χ3v) is 5.47. The quantitative estimate of drug-likeness (QED) is 0.512. The lowest BCUT2D eigenvalue weighted by molar-refractivity contribution is -0.143. The molecule has 1 aromatic heterocycles. The summed E-state index contributed by atoms with van der Waals surface area (Å²) in [5, 5.41) is 0. The molecular formula is C22H23NO5S. The minimum absolute atomic E-state index is 0.237. The van der Waals surface area contributed by atoms with Crippen molar-refractivity contribution in [2.45, 2.75) is 31.1 Å². The first-order chi connectivity index (χ1) is 13.9. The van der Waals surface area contributed by atoms with Gasteiger partial charge in [0.15, 0.2) is 21.5 Å². The number of benzene rings is 2. The Bertz CT molecular complexity index is 1070. The Labute approximate surface area is 170 Å². The number of esters is 1. The van der Waals surface area contributed by atoms with E-state index in [-0.39, 0.29) is 10.9 Å². The van der Waals surface area contributed by atoms with Crippen LogP contribution in [0.4, 0.5) is 0 Å². The fraction of sp³-hybridized carbons (Fsp3) is 0.273. The Hall–Kier alpha value is -2.93. The molecule has 0 radical (unpaired) electrons. The van der Waals surface area contributed by atoms with Crippen molar-refractivity contribution in [3.8, 4) is 22.6 Å². The molecule has 0 spiro atoms. The minimum Gasteiger partial charge on any atom is -0.466 e. The largest absolute Gasteiger partial charge is 0.466 e. The fourth-order valence-electron chi connectivity index (χ4n) is 2.93. The van der Waals surface area contributed by atoms with Crippen LogP contribution in [-0.2, 0) is 25.8 Å². The van der Waals surface area contributed by atoms with Gasteiger partial charge in [0.05, 0.1) is 11.5 Å². The molecule has 1 heterocycles. The molecule has 7 heteroatoms. The zero-order valence-corrected chi connectivity index (χ0v) is 17.2. The van der Waals surface area contributed by atoms with Crippen LogP contribution in [0.25, 0.3) is 22.6 Å². The third-order valence-electron chi connectivity index (χ3n) is 4.34. The zero-order valence-electron chi connectivity index (χ0n) is 16.4. The van der Waals surface area contributed by atoms with E-state index in [1.165, 1.54) is 6.26 Å². The topological polar surface area (TPSA) is 86.5 Å². The summed E-state index contributed by atoms with van der Waals surface area (Å²) < 4.78 is 34.4. The molecule has 3 aromatic rings. The lowest BCUT2D eigenvalue weighted by Crippen LogP contribution is -2.04. The first-order valence-corrected chi connectivity index (χ1v) is 11.3. The highest BCUT2D eigenvalue weighted by Gasteiger charge is 2.18. The molecule has 29 heavy (non-hydrogen) atoms. The van der Waals surface area contributed by atoms with Crippen LogP contribution in [0.15, 0.2) is 63.9 Å². The van der Waals surface area contributed by atoms with Gasteiger partial charge in [0.2, 0.25) is 0 Å². The van der Waals surface area contributed by atoms with Crippen molar-refractivity contribution in [2.24, 2.45) is 0 Å². The molecule has 0 amide bonds. The number of carbonyl (C=O) groups is 1. The van der Waals surface area contributed by atoms with E-state index < -0.39 is 9.84 Å². The molecule has 0 bridgehead atoms. The van der Waals surface area contributed by atoms with Crippen LogP contribution in [0.2, 0.25) is 0 Å². The van der Waals surface area contributed by atoms with Gasteiger partial charge in [0.25, 0.3) is 0 Å². The van der Waals surface area contributed by atoms with Crippen LogP contribution in [0, 0.1) is 0 Å². The van der Waals surface area contributed by atoms with Gasteiger partial charge in [-0.3, -0.25) is 4.79 Å². The monoisotopic (exact) mass is 413 g/mol. The van der Waals surface area contributed by atoms with Crippen molar-refractivity contribution in [1.29, 1.82) is 0 Å². The molecule has 3 rings (SSSR count). The number of nitrogens with zero attached hydrogens (tertiary/aromatic N) is 1. The number of carbonyl (C=O) groups excluding carboxylic acids is 1. The summed E-state index contributed by atoms with van der Waals surface area (Å²) >= 11 is 0. The van der Waals surface area contributed by atoms with Crippen molar-refractivity contribution >= 4 is 15.8 Å². The Morgan fingerprint density at radius 3 is 2.34 bits per heavy atom. The first kappa shape index (κ1) is 20.8. The second-order valence-electron chi connectivity index (χ2n) is 6.61. The Morgan fingerprint density at radius 1 is 1.03 bits per heavy atom. The molecule has 0 N–H and O–H groups in total. The van der Waals surface area contributed by atoms with Gasteiger partial charge in [-0.15, -0.1) is 0 Å². The standard InChI is InChI=1S/C22H23NO5S/c1-3-27-20(24)11-7-10-19-23-21(22(28-19)17-8-5-4-6-9-17)16-12-14-18(15-13-16)29(2,25)26/h4-6,8-9,12-15H,3,7,10-11H2,1-2H3. The van der Waals surface area contributed by atoms with Crippen LogP contribution < -0.4 is 0 Å². The van der Waals surface area contributed by atoms with E-state index in [9.17, 15) is 13.2 Å². The molecular weight excluding hydrogens is 390 g/mol. The molecule has 0 saturated carbocycles. The molecule has 0 fully saturated rings. The van der Waals surface area contributed by atoms with Crippen molar-refractivity contribution in [3.63, 3.8) is 0 Å². The van der Waals surface area contributed by atoms with E-state index >= 15 is 0 Å². The average Bonchev–Trinajstić information content (AvgIpc) is 3.12. The smallest absolute Gasteiger partial charge is 0.305 e. The summed E-state index contributed by atoms with van der Waals surface area (Å²) in [5.74, 6) is 0.901. The lowest BCUT2D eigenvalue weighted by atomic mass is 10.1. The number of hydrogen-bond acceptors (Lipinski definition) is 6. The number of sulfone groups is 1. The molecule has 0 aliphatic heterocycles. The van der Waals surface area contributed by atoms with E-state index in [1.807, 2.05) is 30.3 Å². The number of aromatic nitrogens is 1. The van der Waals surface area contributed by atoms with Crippen LogP contribution in [0.1, 0.15) is 25.7 Å². The molecule has 0 aliphatic rings. The maximum atomic E-state index is 11.7. The van der Waals surface area contributed by atoms with E-state index in [0.29, 0.717) is 43.2 Å². The summed E-state index contributed by atoms with van der Waals surface area (Å²) in [7, 11) is -3.27. The maximum absolute atomic E-state index is 11.7. The number of aryl methyl sites for hydroxylation is 1. The number of oxazole rings is 1. The Balaban J connectivity index is 1.90. The van der Waals surface area contributed by atoms with Gasteiger partial charge in [-0.25, -0.2) is 13.4 Å². The van der Waals surface area contributed by atoms with Gasteiger partial charge in [-0.2, -0.15) is 0 Å². The van der Waals surface area contributed by atoms with Crippen molar-refractivity contribution in [2.75, 3.05) is 12.9 Å². The van der Waals surface area contributed by atoms with Gasteiger partial charge in [0.1, 0.15) is 5.69 Å². The number of hydrogen-bond donors (Lipinski definition) is 0. The zero-order chi connectivity index (χ0) is 20.9. The van der Waals surface area contributed by atoms with Crippen molar-refractivity contribution in [1.82, 2.24) is 4.98 Å². The second-order valence-corrected chi connectivity index (χ2v) is 8.62. The highest BCUT2D eigenvalue weighted by molar-refractivity contribution is 7.90. The van der Waals surface area contributed by atoms with Crippen molar-refractivity contribution < 1.29 is 22.4 Å². The summed E-state index contributed by atoms with van der Waals surface area (Å²) in [5.41, 5.74) is 2.28. The predicted octanol–water partition coefficient (Wildman–Crippen LogP) is 4.30. The molecule has 0 unspecified atom stereocenters. The molecule has 152 valence electrons. The third kappa shape index (κ3) is 5.32. The van der Waals surface area contributed by atoms with Crippen molar-refractivity contribution in [3.05, 3.63) is 60.5 Å². The molecule has 0 aliphatic carbocycles. The average molecular weight is 413 g/mol. The van der Waals surface area contributed by atoms with Crippen LogP contribution in [0.5, 0.6) is 0 Å². The Kier molecular flexibility index (Phi) is 6.49. The van der Waals surface area contributed by atoms with Gasteiger partial charge in [0, 0.05) is 30.2 Å². The van der Waals surface area contributed by atoms with E-state index in [0.717, 1.165) is 11.1 Å². The number of ether oxygens (including phenoxy) is 1. The van der Waals surface area contributed by atoms with E-state index in [1.54, 1.807) is 31.2 Å². The summed E-state index contributed by atoms with van der Waals surface area (Å²) in [6.07, 6.45) is 2.55. The SMILES string of the molecule is CCOC(=O)CCCc1nc(-c2ccc(S(C)(=O)=O)cc2)c(-c2ccccc2)o1. The molecule has 0 atom stereocenters. The van der Waals surface area contributed by atoms with Gasteiger partial charge < -0.3 is 9.15 Å². The van der Waals surface area contributed by atoms with Gasteiger partial charge >= 0.3 is 5.97 Å². The van der Waals surface area contributed by atoms with Crippen LogP contribution in [-0.4, -0.2) is 32.2 Å². The van der Waals surface area contributed by atoms with Gasteiger partial charge in [-0.05, 0) is 25.5 Å². The van der Waals surface area contributed by atoms with Gasteiger partial charge in [-0.1, -0.05) is 42.5 Å². The molecule has 6 nitrogen and oxygen atoms in total. The summed E-state index contributed by atoms with van der Waals surface area (Å²) in [6, 6.07) is 16.2. The van der Waals surface area contributed by atoms with Crippen LogP contribution >= 0.6 is 0 Å². The molecule has 0 saturated heterocycles. The normalized spacial score (nSPS) is 11.4. The maximum Gasteiger partial charge on any atom is 0.305 e. The highest BCUT2D eigenvalue weighted by atomic mass is 32.2. The van der Waals surface area contributed by atoms with E-state index in [4.69, 9.17) is 9.15 Å². The molecule has 2 aromatic carbocycles. The predicted molar refractivity (Wildman–Crippen MR) is 110 cm³/mol. The fourth-order valence-corrected chi connectivity index (χ4v) is 3.56. The minimum atomic E-state index is -3.27. The van der Waals surface area contributed by atoms with Crippen LogP contribution in [0.3, 0.4) is 0 Å². The highest BCUT2D eigenvalue weighted by Crippen LogP contribution is 2.33. The summed E-state index contributed by atoms with van der Waals surface area (Å²) in [4.78, 5) is 16.4.